The molecule has 0 aliphatic carbocycles. The monoisotopic (exact) mass is 383 g/mol. The molecule has 0 spiro atoms. The Balaban J connectivity index is 1.81. The minimum absolute atomic E-state index is 0.124. The molecule has 0 unspecified atom stereocenters. The lowest BCUT2D eigenvalue weighted by Crippen LogP contribution is -2.02. The molecule has 27 heavy (non-hydrogen) atoms. The number of nitro groups is 1. The van der Waals surface area contributed by atoms with Gasteiger partial charge in [0.25, 0.3) is 0 Å². The van der Waals surface area contributed by atoms with Crippen LogP contribution in [0.1, 0.15) is 17.0 Å². The highest BCUT2D eigenvalue weighted by Gasteiger charge is 2.14. The molecule has 0 saturated carbocycles. The number of nitrogens with one attached hydrogen (secondary N) is 1. The minimum Gasteiger partial charge on any atom is -0.490 e. The van der Waals surface area contributed by atoms with Crippen LogP contribution in [0.3, 0.4) is 0 Å². The van der Waals surface area contributed by atoms with E-state index in [4.69, 9.17) is 17.0 Å². The lowest BCUT2D eigenvalue weighted by molar-refractivity contribution is -0.385. The molecule has 0 saturated heterocycles. The lowest BCUT2D eigenvalue weighted by Gasteiger charge is -2.03. The van der Waals surface area contributed by atoms with Gasteiger partial charge in [-0.3, -0.25) is 15.2 Å². The smallest absolute Gasteiger partial charge is 0.311 e. The zero-order chi connectivity index (χ0) is 19.2. The third kappa shape index (κ3) is 4.45. The van der Waals surface area contributed by atoms with E-state index in [9.17, 15) is 10.1 Å². The molecule has 0 amide bonds. The Morgan fingerprint density at radius 2 is 2.07 bits per heavy atom. The third-order valence-corrected chi connectivity index (χ3v) is 4.18. The molecule has 0 aliphatic rings. The number of methoxy groups -OCH3 is 1. The number of rotatable bonds is 7. The zero-order valence-electron chi connectivity index (χ0n) is 14.5. The SMILES string of the molecule is COc1ccc(/C=N\n2c(CCc3ccccc3)n[nH]c2=S)cc1[N+](=O)[O-]. The first-order chi connectivity index (χ1) is 13.1. The molecular weight excluding hydrogens is 366 g/mol. The molecule has 1 N–H and O–H groups in total. The molecule has 9 heteroatoms. The van der Waals surface area contributed by atoms with Crippen molar-refractivity contribution in [2.45, 2.75) is 12.8 Å². The number of nitro benzene ring substituents is 1. The molecule has 138 valence electrons. The predicted octanol–water partition coefficient (Wildman–Crippen LogP) is 3.52. The van der Waals surface area contributed by atoms with E-state index in [0.29, 0.717) is 22.6 Å². The van der Waals surface area contributed by atoms with Crippen molar-refractivity contribution in [1.82, 2.24) is 14.9 Å². The van der Waals surface area contributed by atoms with Crippen LogP contribution in [0.4, 0.5) is 5.69 Å². The maximum atomic E-state index is 11.1. The van der Waals surface area contributed by atoms with Gasteiger partial charge in [0, 0.05) is 18.1 Å². The maximum absolute atomic E-state index is 11.1. The molecular formula is C18H17N5O3S. The molecule has 3 rings (SSSR count). The third-order valence-electron chi connectivity index (χ3n) is 3.92. The summed E-state index contributed by atoms with van der Waals surface area (Å²) in [5.41, 5.74) is 1.62. The van der Waals surface area contributed by atoms with Crippen LogP contribution in [0.25, 0.3) is 0 Å². The summed E-state index contributed by atoms with van der Waals surface area (Å²) in [5, 5.41) is 22.4. The maximum Gasteiger partial charge on any atom is 0.311 e. The number of H-pyrrole nitrogens is 1. The van der Waals surface area contributed by atoms with Crippen molar-refractivity contribution in [2.75, 3.05) is 7.11 Å². The number of hydrogen-bond donors (Lipinski definition) is 1. The van der Waals surface area contributed by atoms with Crippen LogP contribution in [0.5, 0.6) is 5.75 Å². The van der Waals surface area contributed by atoms with E-state index in [1.165, 1.54) is 35.7 Å². The fourth-order valence-corrected chi connectivity index (χ4v) is 2.76. The highest BCUT2D eigenvalue weighted by molar-refractivity contribution is 7.71. The highest BCUT2D eigenvalue weighted by Crippen LogP contribution is 2.26. The van der Waals surface area contributed by atoms with Crippen LogP contribution in [-0.2, 0) is 12.8 Å². The van der Waals surface area contributed by atoms with Crippen molar-refractivity contribution < 1.29 is 9.66 Å². The lowest BCUT2D eigenvalue weighted by atomic mass is 10.1. The quantitative estimate of drug-likeness (QED) is 0.291. The number of benzene rings is 2. The van der Waals surface area contributed by atoms with Gasteiger partial charge in [0.05, 0.1) is 18.2 Å². The number of aryl methyl sites for hydroxylation is 2. The van der Waals surface area contributed by atoms with E-state index < -0.39 is 4.92 Å². The van der Waals surface area contributed by atoms with Gasteiger partial charge >= 0.3 is 5.69 Å². The topological polar surface area (TPSA) is 98.3 Å². The number of ether oxygens (including phenoxy) is 1. The Kier molecular flexibility index (Phi) is 5.72. The molecule has 1 aromatic heterocycles. The largest absolute Gasteiger partial charge is 0.490 e. The van der Waals surface area contributed by atoms with Crippen LogP contribution in [-0.4, -0.2) is 33.1 Å². The van der Waals surface area contributed by atoms with Crippen molar-refractivity contribution in [3.8, 4) is 5.75 Å². The summed E-state index contributed by atoms with van der Waals surface area (Å²) in [6.07, 6.45) is 2.95. The van der Waals surface area contributed by atoms with Crippen LogP contribution in [0.15, 0.2) is 53.6 Å². The van der Waals surface area contributed by atoms with Crippen LogP contribution >= 0.6 is 12.2 Å². The van der Waals surface area contributed by atoms with Crippen LogP contribution in [0.2, 0.25) is 0 Å². The summed E-state index contributed by atoms with van der Waals surface area (Å²) in [4.78, 5) is 10.6. The second kappa shape index (κ2) is 8.37. The first-order valence-corrected chi connectivity index (χ1v) is 8.56. The number of hydrogen-bond acceptors (Lipinski definition) is 6. The summed E-state index contributed by atoms with van der Waals surface area (Å²) >= 11 is 5.23. The van der Waals surface area contributed by atoms with Crippen LogP contribution in [0, 0.1) is 14.9 Å². The van der Waals surface area contributed by atoms with Crippen molar-refractivity contribution in [2.24, 2.45) is 5.10 Å². The van der Waals surface area contributed by atoms with Gasteiger partial charge in [-0.1, -0.05) is 30.3 Å². The summed E-state index contributed by atoms with van der Waals surface area (Å²) in [6.45, 7) is 0. The van der Waals surface area contributed by atoms with E-state index in [1.54, 1.807) is 6.07 Å². The van der Waals surface area contributed by atoms with Gasteiger partial charge in [0.2, 0.25) is 4.77 Å². The molecule has 0 fully saturated rings. The van der Waals surface area contributed by atoms with Crippen molar-refractivity contribution in [3.05, 3.63) is 80.4 Å². The van der Waals surface area contributed by atoms with Gasteiger partial charge in [-0.15, -0.1) is 0 Å². The van der Waals surface area contributed by atoms with Gasteiger partial charge in [-0.2, -0.15) is 14.9 Å². The van der Waals surface area contributed by atoms with Gasteiger partial charge < -0.3 is 4.74 Å². The Morgan fingerprint density at radius 1 is 1.30 bits per heavy atom. The molecule has 0 bridgehead atoms. The fraction of sp³-hybridized carbons (Fsp3) is 0.167. The summed E-state index contributed by atoms with van der Waals surface area (Å²) in [5.74, 6) is 0.878. The van der Waals surface area contributed by atoms with Gasteiger partial charge in [-0.05, 0) is 36.3 Å². The second-order valence-corrected chi connectivity index (χ2v) is 6.06. The van der Waals surface area contributed by atoms with E-state index in [0.717, 1.165) is 6.42 Å². The van der Waals surface area contributed by atoms with E-state index in [1.807, 2.05) is 30.3 Å². The highest BCUT2D eigenvalue weighted by atomic mass is 32.1. The molecule has 0 aliphatic heterocycles. The number of aromatic nitrogens is 3. The molecule has 2 aromatic carbocycles. The normalized spacial score (nSPS) is 11.0. The Morgan fingerprint density at radius 3 is 2.78 bits per heavy atom. The Hall–Kier alpha value is -3.33. The average molecular weight is 383 g/mol. The van der Waals surface area contributed by atoms with E-state index >= 15 is 0 Å². The zero-order valence-corrected chi connectivity index (χ0v) is 15.3. The fourth-order valence-electron chi connectivity index (χ4n) is 2.56. The summed E-state index contributed by atoms with van der Waals surface area (Å²) < 4.78 is 6.88. The minimum atomic E-state index is -0.495. The van der Waals surface area contributed by atoms with Crippen molar-refractivity contribution in [1.29, 1.82) is 0 Å². The first-order valence-electron chi connectivity index (χ1n) is 8.15. The van der Waals surface area contributed by atoms with Crippen molar-refractivity contribution in [3.63, 3.8) is 0 Å². The molecule has 0 atom stereocenters. The molecule has 1 heterocycles. The van der Waals surface area contributed by atoms with E-state index in [2.05, 4.69) is 15.3 Å². The summed E-state index contributed by atoms with van der Waals surface area (Å²) in [7, 11) is 1.39. The molecule has 8 nitrogen and oxygen atoms in total. The summed E-state index contributed by atoms with van der Waals surface area (Å²) in [6, 6.07) is 14.7. The second-order valence-electron chi connectivity index (χ2n) is 5.68. The standard InChI is InChI=1S/C18H17N5O3S/c1-26-16-9-7-14(11-15(16)23(24)25)12-19-22-17(20-21-18(22)27)10-8-13-5-3-2-4-6-13/h2-7,9,11-12H,8,10H2,1H3,(H,21,27)/b19-12-. The van der Waals surface area contributed by atoms with E-state index in [-0.39, 0.29) is 11.4 Å². The molecule has 3 aromatic rings. The van der Waals surface area contributed by atoms with Crippen molar-refractivity contribution >= 4 is 24.1 Å². The van der Waals surface area contributed by atoms with Gasteiger partial charge in [0.15, 0.2) is 11.6 Å². The van der Waals surface area contributed by atoms with Gasteiger partial charge in [0.1, 0.15) is 0 Å². The average Bonchev–Trinajstić information content (AvgIpc) is 3.04. The predicted molar refractivity (Wildman–Crippen MR) is 104 cm³/mol. The first kappa shape index (κ1) is 18.5. The van der Waals surface area contributed by atoms with Gasteiger partial charge in [-0.25, -0.2) is 0 Å². The Bertz CT molecular complexity index is 1030. The van der Waals surface area contributed by atoms with Crippen LogP contribution < -0.4 is 4.74 Å². The Labute approximate surface area is 160 Å². The number of aromatic amines is 1. The molecule has 0 radical (unpaired) electrons. The number of nitrogens with zero attached hydrogens (tertiary/aromatic N) is 4.